The van der Waals surface area contributed by atoms with E-state index in [-0.39, 0.29) is 5.91 Å². The van der Waals surface area contributed by atoms with Crippen LogP contribution in [-0.2, 0) is 9.53 Å². The Labute approximate surface area is 59.4 Å². The monoisotopic (exact) mass is 139 g/mol. The molecule has 0 aromatic rings. The first-order valence-corrected chi connectivity index (χ1v) is 3.01. The van der Waals surface area contributed by atoms with E-state index in [9.17, 15) is 4.79 Å². The molecule has 0 fully saturated rings. The lowest BCUT2D eigenvalue weighted by Crippen LogP contribution is -2.28. The number of hydrogen-bond acceptors (Lipinski definition) is 2. The third-order valence-corrected chi connectivity index (χ3v) is 1.26. The van der Waals surface area contributed by atoms with Crippen molar-refractivity contribution < 1.29 is 9.53 Å². The summed E-state index contributed by atoms with van der Waals surface area (Å²) in [6.07, 6.45) is 1.42. The van der Waals surface area contributed by atoms with Crippen LogP contribution in [0.5, 0.6) is 0 Å². The molecule has 0 saturated carbocycles. The first kappa shape index (κ1) is 6.99. The minimum atomic E-state index is -0.788. The molecule has 0 saturated heterocycles. The molecule has 1 amide bonds. The Bertz CT molecular complexity index is 216. The van der Waals surface area contributed by atoms with Crippen molar-refractivity contribution in [2.75, 3.05) is 0 Å². The van der Waals surface area contributed by atoms with Crippen LogP contribution >= 0.6 is 0 Å². The van der Waals surface area contributed by atoms with Gasteiger partial charge in [-0.15, -0.1) is 0 Å². The molecule has 0 atom stereocenters. The van der Waals surface area contributed by atoms with Gasteiger partial charge in [0, 0.05) is 0 Å². The Balaban J connectivity index is 2.86. The summed E-state index contributed by atoms with van der Waals surface area (Å²) in [4.78, 5) is 14.5. The molecule has 0 N–H and O–H groups in total. The summed E-state index contributed by atoms with van der Waals surface area (Å²) in [7, 11) is 0. The molecule has 0 unspecified atom stereocenters. The van der Waals surface area contributed by atoms with E-state index < -0.39 is 5.60 Å². The summed E-state index contributed by atoms with van der Waals surface area (Å²) in [5.41, 5.74) is -0.788. The van der Waals surface area contributed by atoms with Gasteiger partial charge in [-0.05, 0) is 19.9 Å². The largest absolute Gasteiger partial charge is 0.461 e. The van der Waals surface area contributed by atoms with Crippen LogP contribution in [0, 0.1) is 0 Å². The molecular weight excluding hydrogens is 130 g/mol. The Morgan fingerprint density at radius 2 is 2.30 bits per heavy atom. The molecule has 3 heteroatoms. The summed E-state index contributed by atoms with van der Waals surface area (Å²) in [5, 5.41) is 0. The van der Waals surface area contributed by atoms with Crippen molar-refractivity contribution >= 4 is 11.8 Å². The maximum Gasteiger partial charge on any atom is 0.292 e. The van der Waals surface area contributed by atoms with Gasteiger partial charge in [0.15, 0.2) is 5.60 Å². The Morgan fingerprint density at radius 3 is 2.50 bits per heavy atom. The van der Waals surface area contributed by atoms with Crippen LogP contribution in [0.25, 0.3) is 0 Å². The molecule has 10 heavy (non-hydrogen) atoms. The fourth-order valence-corrected chi connectivity index (χ4v) is 0.650. The second-order valence-electron chi connectivity index (χ2n) is 2.57. The Morgan fingerprint density at radius 1 is 1.70 bits per heavy atom. The van der Waals surface area contributed by atoms with Gasteiger partial charge >= 0.3 is 0 Å². The third kappa shape index (κ3) is 0.943. The molecule has 0 aromatic heterocycles. The van der Waals surface area contributed by atoms with Crippen LogP contribution in [0.3, 0.4) is 0 Å². The van der Waals surface area contributed by atoms with Crippen LogP contribution < -0.4 is 0 Å². The van der Waals surface area contributed by atoms with Gasteiger partial charge in [0.05, 0.1) is 0 Å². The third-order valence-electron chi connectivity index (χ3n) is 1.26. The van der Waals surface area contributed by atoms with Crippen LogP contribution in [0.15, 0.2) is 17.6 Å². The van der Waals surface area contributed by atoms with Crippen LogP contribution in [0.1, 0.15) is 13.8 Å². The van der Waals surface area contributed by atoms with E-state index in [1.54, 1.807) is 13.8 Å². The lowest BCUT2D eigenvalue weighted by Gasteiger charge is -2.13. The van der Waals surface area contributed by atoms with Crippen LogP contribution in [0.4, 0.5) is 0 Å². The van der Waals surface area contributed by atoms with Gasteiger partial charge in [-0.1, -0.05) is 6.58 Å². The van der Waals surface area contributed by atoms with Crippen LogP contribution in [-0.4, -0.2) is 17.4 Å². The second-order valence-corrected chi connectivity index (χ2v) is 2.57. The summed E-state index contributed by atoms with van der Waals surface area (Å²) < 4.78 is 5.09. The Hall–Kier alpha value is -1.12. The molecule has 0 bridgehead atoms. The smallest absolute Gasteiger partial charge is 0.292 e. The van der Waals surface area contributed by atoms with E-state index in [1.165, 1.54) is 6.08 Å². The lowest BCUT2D eigenvalue weighted by molar-refractivity contribution is -0.128. The zero-order chi connectivity index (χ0) is 7.78. The van der Waals surface area contributed by atoms with Crippen molar-refractivity contribution in [3.63, 3.8) is 0 Å². The number of ether oxygens (including phenoxy) is 1. The molecule has 0 aromatic carbocycles. The van der Waals surface area contributed by atoms with Crippen molar-refractivity contribution in [3.8, 4) is 0 Å². The summed E-state index contributed by atoms with van der Waals surface area (Å²) in [5.74, 6) is 0.0670. The molecule has 0 aliphatic carbocycles. The predicted octanol–water partition coefficient (Wildman–Crippen LogP) is 0.906. The minimum absolute atomic E-state index is 0.248. The summed E-state index contributed by atoms with van der Waals surface area (Å²) in [6.45, 7) is 6.79. The molecular formula is C7H9NO2. The number of amides is 1. The van der Waals surface area contributed by atoms with Crippen molar-refractivity contribution in [1.82, 2.24) is 0 Å². The topological polar surface area (TPSA) is 38.7 Å². The van der Waals surface area contributed by atoms with Crippen molar-refractivity contribution in [2.45, 2.75) is 19.4 Å². The normalized spacial score (nSPS) is 21.8. The molecule has 1 rings (SSSR count). The zero-order valence-electron chi connectivity index (χ0n) is 6.05. The predicted molar refractivity (Wildman–Crippen MR) is 37.8 cm³/mol. The number of nitrogens with zero attached hydrogens (tertiary/aromatic N) is 1. The summed E-state index contributed by atoms with van der Waals surface area (Å²) in [6, 6.07) is 0. The van der Waals surface area contributed by atoms with Gasteiger partial charge in [-0.2, -0.15) is 4.99 Å². The van der Waals surface area contributed by atoms with E-state index in [1.807, 2.05) is 0 Å². The average Bonchev–Trinajstić information content (AvgIpc) is 2.08. The van der Waals surface area contributed by atoms with E-state index in [4.69, 9.17) is 4.74 Å². The molecule has 54 valence electrons. The van der Waals surface area contributed by atoms with Crippen molar-refractivity contribution in [3.05, 3.63) is 12.7 Å². The van der Waals surface area contributed by atoms with Crippen LogP contribution in [0.2, 0.25) is 0 Å². The van der Waals surface area contributed by atoms with Crippen molar-refractivity contribution in [2.24, 2.45) is 4.99 Å². The fraction of sp³-hybridized carbons (Fsp3) is 0.429. The maximum atomic E-state index is 10.9. The number of aliphatic imine (C=N–C) groups is 1. The number of carbonyl (C=O) groups is 1. The highest BCUT2D eigenvalue weighted by atomic mass is 16.5. The van der Waals surface area contributed by atoms with Gasteiger partial charge in [0.25, 0.3) is 5.91 Å². The number of hydrogen-bond donors (Lipinski definition) is 0. The fourth-order valence-electron chi connectivity index (χ4n) is 0.650. The highest BCUT2D eigenvalue weighted by molar-refractivity contribution is 6.05. The zero-order valence-corrected chi connectivity index (χ0v) is 6.05. The highest BCUT2D eigenvalue weighted by Gasteiger charge is 2.35. The van der Waals surface area contributed by atoms with E-state index in [0.29, 0.717) is 5.90 Å². The van der Waals surface area contributed by atoms with Crippen molar-refractivity contribution in [1.29, 1.82) is 0 Å². The molecule has 0 spiro atoms. The molecule has 1 aliphatic rings. The SMILES string of the molecule is C=CC1=NC(=O)C(C)(C)O1. The number of carbonyl (C=O) groups excluding carboxylic acids is 1. The lowest BCUT2D eigenvalue weighted by atomic mass is 10.1. The first-order valence-electron chi connectivity index (χ1n) is 3.01. The molecule has 3 nitrogen and oxygen atoms in total. The average molecular weight is 139 g/mol. The molecule has 1 heterocycles. The van der Waals surface area contributed by atoms with E-state index >= 15 is 0 Å². The van der Waals surface area contributed by atoms with Gasteiger partial charge < -0.3 is 4.74 Å². The minimum Gasteiger partial charge on any atom is -0.461 e. The van der Waals surface area contributed by atoms with Gasteiger partial charge in [-0.25, -0.2) is 0 Å². The molecule has 0 radical (unpaired) electrons. The quantitative estimate of drug-likeness (QED) is 0.541. The maximum absolute atomic E-state index is 10.9. The standard InChI is InChI=1S/C7H9NO2/c1-4-5-8-6(9)7(2,3)10-5/h4H,1H2,2-3H3. The van der Waals surface area contributed by atoms with Gasteiger partial charge in [-0.3, -0.25) is 4.79 Å². The molecule has 1 aliphatic heterocycles. The highest BCUT2D eigenvalue weighted by Crippen LogP contribution is 2.18. The number of rotatable bonds is 1. The summed E-state index contributed by atoms with van der Waals surface area (Å²) >= 11 is 0. The second kappa shape index (κ2) is 1.94. The van der Waals surface area contributed by atoms with Gasteiger partial charge in [0.2, 0.25) is 5.90 Å². The Kier molecular flexibility index (Phi) is 1.35. The van der Waals surface area contributed by atoms with E-state index in [0.717, 1.165) is 0 Å². The van der Waals surface area contributed by atoms with E-state index in [2.05, 4.69) is 11.6 Å². The van der Waals surface area contributed by atoms with Gasteiger partial charge in [0.1, 0.15) is 0 Å². The first-order chi connectivity index (χ1) is 4.56.